The van der Waals surface area contributed by atoms with Gasteiger partial charge >= 0.3 is 0 Å². The van der Waals surface area contributed by atoms with Crippen LogP contribution >= 0.6 is 0 Å². The number of anilines is 4. The Morgan fingerprint density at radius 3 is 2.50 bits per heavy atom. The summed E-state index contributed by atoms with van der Waals surface area (Å²) in [6, 6.07) is 9.29. The van der Waals surface area contributed by atoms with Crippen LogP contribution in [0.5, 0.6) is 0 Å². The fourth-order valence-corrected chi connectivity index (χ4v) is 1.22. The molecular formula is C10H11N5O. The Hall–Kier alpha value is -2.50. The van der Waals surface area contributed by atoms with Gasteiger partial charge in [-0.25, -0.2) is 0 Å². The topological polar surface area (TPSA) is 110 Å². The molecule has 0 aliphatic heterocycles. The normalized spacial score (nSPS) is 10.0. The zero-order valence-corrected chi connectivity index (χ0v) is 8.40. The lowest BCUT2D eigenvalue weighted by atomic mass is 10.3. The molecule has 0 amide bonds. The number of rotatable bonds is 2. The summed E-state index contributed by atoms with van der Waals surface area (Å²) in [7, 11) is 0. The lowest BCUT2D eigenvalue weighted by Gasteiger charge is -2.06. The van der Waals surface area contributed by atoms with E-state index in [1.54, 1.807) is 0 Å². The summed E-state index contributed by atoms with van der Waals surface area (Å²) < 4.78 is 0. The summed E-state index contributed by atoms with van der Waals surface area (Å²) in [6.45, 7) is 0. The van der Waals surface area contributed by atoms with E-state index in [0.717, 1.165) is 5.69 Å². The molecule has 0 unspecified atom stereocenters. The van der Waals surface area contributed by atoms with Gasteiger partial charge in [0.2, 0.25) is 5.95 Å². The number of nitrogen functional groups attached to an aromatic ring is 2. The van der Waals surface area contributed by atoms with Crippen LogP contribution in [0, 0.1) is 0 Å². The third-order valence-electron chi connectivity index (χ3n) is 2.02. The number of aromatic amines is 1. The maximum Gasteiger partial charge on any atom is 0.277 e. The summed E-state index contributed by atoms with van der Waals surface area (Å²) >= 11 is 0. The van der Waals surface area contributed by atoms with Crippen molar-refractivity contribution in [2.75, 3.05) is 16.8 Å². The van der Waals surface area contributed by atoms with E-state index in [9.17, 15) is 4.79 Å². The van der Waals surface area contributed by atoms with Gasteiger partial charge < -0.3 is 16.8 Å². The molecule has 0 bridgehead atoms. The van der Waals surface area contributed by atoms with Crippen molar-refractivity contribution in [1.29, 1.82) is 0 Å². The van der Waals surface area contributed by atoms with Crippen LogP contribution in [-0.4, -0.2) is 9.97 Å². The molecule has 0 aliphatic rings. The second-order valence-corrected chi connectivity index (χ2v) is 3.20. The zero-order valence-electron chi connectivity index (χ0n) is 8.40. The van der Waals surface area contributed by atoms with E-state index in [0.29, 0.717) is 0 Å². The monoisotopic (exact) mass is 217 g/mol. The fraction of sp³-hybridized carbons (Fsp3) is 0. The van der Waals surface area contributed by atoms with Gasteiger partial charge in [-0.05, 0) is 12.1 Å². The van der Waals surface area contributed by atoms with Crippen LogP contribution in [0.2, 0.25) is 0 Å². The van der Waals surface area contributed by atoms with Crippen LogP contribution < -0.4 is 22.3 Å². The zero-order chi connectivity index (χ0) is 11.5. The number of H-pyrrole nitrogens is 1. The van der Waals surface area contributed by atoms with E-state index >= 15 is 0 Å². The number of hydrogen-bond acceptors (Lipinski definition) is 5. The summed E-state index contributed by atoms with van der Waals surface area (Å²) in [5, 5.41) is 2.91. The molecule has 0 saturated carbocycles. The lowest BCUT2D eigenvalue weighted by Crippen LogP contribution is -2.17. The highest BCUT2D eigenvalue weighted by Gasteiger charge is 2.04. The molecule has 6 nitrogen and oxygen atoms in total. The first kappa shape index (κ1) is 10.0. The van der Waals surface area contributed by atoms with Crippen molar-refractivity contribution in [2.24, 2.45) is 0 Å². The van der Waals surface area contributed by atoms with E-state index in [4.69, 9.17) is 11.5 Å². The minimum Gasteiger partial charge on any atom is -0.391 e. The molecule has 0 radical (unpaired) electrons. The molecule has 0 saturated heterocycles. The molecule has 0 spiro atoms. The van der Waals surface area contributed by atoms with Crippen molar-refractivity contribution in [3.8, 4) is 0 Å². The second-order valence-electron chi connectivity index (χ2n) is 3.20. The van der Waals surface area contributed by atoms with Crippen molar-refractivity contribution < 1.29 is 0 Å². The smallest absolute Gasteiger partial charge is 0.277 e. The van der Waals surface area contributed by atoms with E-state index in [1.807, 2.05) is 30.3 Å². The maximum absolute atomic E-state index is 11.3. The van der Waals surface area contributed by atoms with E-state index in [1.165, 1.54) is 0 Å². The van der Waals surface area contributed by atoms with Gasteiger partial charge in [0, 0.05) is 5.69 Å². The molecule has 0 fully saturated rings. The number of para-hydroxylation sites is 1. The van der Waals surface area contributed by atoms with E-state index < -0.39 is 5.56 Å². The molecule has 16 heavy (non-hydrogen) atoms. The molecule has 0 aliphatic carbocycles. The summed E-state index contributed by atoms with van der Waals surface area (Å²) in [6.07, 6.45) is 0. The molecule has 1 heterocycles. The van der Waals surface area contributed by atoms with Crippen molar-refractivity contribution in [1.82, 2.24) is 9.97 Å². The average Bonchev–Trinajstić information content (AvgIpc) is 2.27. The Morgan fingerprint density at radius 1 is 1.19 bits per heavy atom. The number of aromatic nitrogens is 2. The minimum absolute atomic E-state index is 0.0159. The Bertz CT molecular complexity index is 549. The van der Waals surface area contributed by atoms with Gasteiger partial charge in [-0.1, -0.05) is 18.2 Å². The van der Waals surface area contributed by atoms with Crippen LogP contribution in [0.4, 0.5) is 23.1 Å². The van der Waals surface area contributed by atoms with Crippen molar-refractivity contribution >= 4 is 23.1 Å². The van der Waals surface area contributed by atoms with Crippen LogP contribution in [-0.2, 0) is 0 Å². The molecule has 6 heteroatoms. The molecule has 6 N–H and O–H groups in total. The van der Waals surface area contributed by atoms with E-state index in [-0.39, 0.29) is 17.5 Å². The molecule has 0 atom stereocenters. The first-order valence-corrected chi connectivity index (χ1v) is 4.64. The molecule has 1 aromatic carbocycles. The molecule has 82 valence electrons. The van der Waals surface area contributed by atoms with Crippen LogP contribution in [0.1, 0.15) is 0 Å². The van der Waals surface area contributed by atoms with Crippen molar-refractivity contribution in [3.63, 3.8) is 0 Å². The quantitative estimate of drug-likeness (QED) is 0.591. The highest BCUT2D eigenvalue weighted by Crippen LogP contribution is 2.13. The van der Waals surface area contributed by atoms with Crippen LogP contribution in [0.3, 0.4) is 0 Å². The molecular weight excluding hydrogens is 206 g/mol. The van der Waals surface area contributed by atoms with Crippen molar-refractivity contribution in [3.05, 3.63) is 40.7 Å². The number of hydrogen-bond donors (Lipinski definition) is 4. The molecule has 2 aromatic rings. The van der Waals surface area contributed by atoms with Gasteiger partial charge in [-0.2, -0.15) is 4.98 Å². The first-order chi connectivity index (χ1) is 7.66. The Balaban J connectivity index is 2.33. The third kappa shape index (κ3) is 1.95. The molecule has 1 aromatic heterocycles. The SMILES string of the molecule is Nc1nc(Nc2ccccc2)[nH]c(=O)c1N. The van der Waals surface area contributed by atoms with Gasteiger partial charge in [-0.15, -0.1) is 0 Å². The standard InChI is InChI=1S/C10H11N5O/c11-7-8(12)14-10(15-9(7)16)13-6-4-2-1-3-5-6/h1-5H,11H2,(H4,12,13,14,15,16). The lowest BCUT2D eigenvalue weighted by molar-refractivity contribution is 1.13. The van der Waals surface area contributed by atoms with Gasteiger partial charge in [-0.3, -0.25) is 9.78 Å². The number of nitrogens with two attached hydrogens (primary N) is 2. The van der Waals surface area contributed by atoms with Gasteiger partial charge in [0.1, 0.15) is 5.69 Å². The highest BCUT2D eigenvalue weighted by molar-refractivity contribution is 5.61. The van der Waals surface area contributed by atoms with Gasteiger partial charge in [0.15, 0.2) is 5.82 Å². The number of nitrogens with one attached hydrogen (secondary N) is 2. The Kier molecular flexibility index (Phi) is 2.47. The van der Waals surface area contributed by atoms with E-state index in [2.05, 4.69) is 15.3 Å². The number of nitrogens with zero attached hydrogens (tertiary/aromatic N) is 1. The van der Waals surface area contributed by atoms with Gasteiger partial charge in [0.25, 0.3) is 5.56 Å². The molecule has 2 rings (SSSR count). The summed E-state index contributed by atoms with van der Waals surface area (Å²) in [5.41, 5.74) is 11.1. The average molecular weight is 217 g/mol. The largest absolute Gasteiger partial charge is 0.391 e. The van der Waals surface area contributed by atoms with Gasteiger partial charge in [0.05, 0.1) is 0 Å². The van der Waals surface area contributed by atoms with Crippen molar-refractivity contribution in [2.45, 2.75) is 0 Å². The number of benzene rings is 1. The second kappa shape index (κ2) is 3.93. The summed E-state index contributed by atoms with van der Waals surface area (Å²) in [5.74, 6) is 0.282. The third-order valence-corrected chi connectivity index (χ3v) is 2.02. The fourth-order valence-electron chi connectivity index (χ4n) is 1.22. The Labute approximate surface area is 91.3 Å². The summed E-state index contributed by atoms with van der Waals surface area (Å²) in [4.78, 5) is 17.7. The first-order valence-electron chi connectivity index (χ1n) is 4.64. The maximum atomic E-state index is 11.3. The van der Waals surface area contributed by atoms with Crippen LogP contribution in [0.25, 0.3) is 0 Å². The van der Waals surface area contributed by atoms with Crippen LogP contribution in [0.15, 0.2) is 35.1 Å². The highest BCUT2D eigenvalue weighted by atomic mass is 16.1. The minimum atomic E-state index is -0.453. The Morgan fingerprint density at radius 2 is 1.88 bits per heavy atom. The predicted molar refractivity (Wildman–Crippen MR) is 63.4 cm³/mol. The predicted octanol–water partition coefficient (Wildman–Crippen LogP) is 0.678.